The lowest BCUT2D eigenvalue weighted by Crippen LogP contribution is -2.19. The number of nitrogens with one attached hydrogen (secondary N) is 1. The number of ether oxygens (including phenoxy) is 1. The Morgan fingerprint density at radius 1 is 1.79 bits per heavy atom. The van der Waals surface area contributed by atoms with E-state index >= 15 is 0 Å². The van der Waals surface area contributed by atoms with Gasteiger partial charge < -0.3 is 10.1 Å². The Kier molecular flexibility index (Phi) is 3.51. The largest absolute Gasteiger partial charge is 0.478 e. The molecule has 0 bridgehead atoms. The highest BCUT2D eigenvalue weighted by Gasteiger charge is 2.14. The number of nitrogens with zero attached hydrogens (tertiary/aromatic N) is 2. The summed E-state index contributed by atoms with van der Waals surface area (Å²) in [6, 6.07) is 0. The molecule has 0 aliphatic heterocycles. The predicted octanol–water partition coefficient (Wildman–Crippen LogP) is 1.15. The molecule has 0 aliphatic carbocycles. The molecule has 1 rings (SSSR count). The topological polar surface area (TPSA) is 56.1 Å². The fraction of sp³-hybridized carbons (Fsp3) is 0.500. The molecule has 1 atom stereocenters. The summed E-state index contributed by atoms with van der Waals surface area (Å²) in [6.07, 6.45) is 1.69. The summed E-state index contributed by atoms with van der Waals surface area (Å²) in [6.45, 7) is 1.75. The zero-order chi connectivity index (χ0) is 10.7. The maximum atomic E-state index is 11.3. The van der Waals surface area contributed by atoms with Crippen molar-refractivity contribution in [3.8, 4) is 5.88 Å². The molecular weight excluding hydrogens is 250 g/mol. The monoisotopic (exact) mass is 261 g/mol. The van der Waals surface area contributed by atoms with E-state index in [4.69, 9.17) is 4.74 Å². The van der Waals surface area contributed by atoms with Gasteiger partial charge in [0.25, 0.3) is 5.88 Å². The van der Waals surface area contributed by atoms with Crippen molar-refractivity contribution >= 4 is 27.5 Å². The van der Waals surface area contributed by atoms with Gasteiger partial charge in [0.05, 0.1) is 18.1 Å². The lowest BCUT2D eigenvalue weighted by Gasteiger charge is -2.04. The Labute approximate surface area is 90.6 Å². The van der Waals surface area contributed by atoms with Crippen molar-refractivity contribution in [3.05, 3.63) is 6.20 Å². The highest BCUT2D eigenvalue weighted by Crippen LogP contribution is 2.21. The van der Waals surface area contributed by atoms with E-state index in [1.807, 2.05) is 0 Å². The van der Waals surface area contributed by atoms with Gasteiger partial charge in [0.2, 0.25) is 5.91 Å². The van der Waals surface area contributed by atoms with Gasteiger partial charge in [0.15, 0.2) is 0 Å². The van der Waals surface area contributed by atoms with Crippen molar-refractivity contribution in [1.82, 2.24) is 9.78 Å². The van der Waals surface area contributed by atoms with Gasteiger partial charge in [-0.2, -0.15) is 0 Å². The molecular formula is C8H12BrN3O2. The van der Waals surface area contributed by atoms with Crippen LogP contribution in [0.1, 0.15) is 6.92 Å². The maximum absolute atomic E-state index is 11.3. The third-order valence-electron chi connectivity index (χ3n) is 1.61. The van der Waals surface area contributed by atoms with Crippen LogP contribution < -0.4 is 10.1 Å². The summed E-state index contributed by atoms with van der Waals surface area (Å²) in [5.41, 5.74) is 0.575. The smallest absolute Gasteiger partial charge is 0.256 e. The van der Waals surface area contributed by atoms with Crippen molar-refractivity contribution < 1.29 is 9.53 Å². The Morgan fingerprint density at radius 2 is 2.43 bits per heavy atom. The van der Waals surface area contributed by atoms with Crippen molar-refractivity contribution in [2.45, 2.75) is 11.8 Å². The zero-order valence-corrected chi connectivity index (χ0v) is 9.83. The van der Waals surface area contributed by atoms with Gasteiger partial charge in [-0.25, -0.2) is 0 Å². The van der Waals surface area contributed by atoms with Crippen LogP contribution in [0.3, 0.4) is 0 Å². The number of hydrogen-bond donors (Lipinski definition) is 1. The van der Waals surface area contributed by atoms with Gasteiger partial charge in [-0.1, -0.05) is 15.9 Å². The van der Waals surface area contributed by atoms with Crippen LogP contribution in [-0.2, 0) is 11.8 Å². The summed E-state index contributed by atoms with van der Waals surface area (Å²) >= 11 is 3.17. The standard InChI is InChI=1S/C8H12BrN3O2/c1-5(9)7(13)10-6-4-12(2)11-8(6)14-3/h4-5H,1-3H3,(H,10,13)/t5-/m1/s1. The second-order valence-electron chi connectivity index (χ2n) is 2.83. The number of alkyl halides is 1. The molecule has 1 heterocycles. The molecule has 1 aromatic rings. The number of carbonyl (C=O) groups excluding carboxylic acids is 1. The van der Waals surface area contributed by atoms with Crippen LogP contribution in [-0.4, -0.2) is 27.6 Å². The van der Waals surface area contributed by atoms with Crippen LogP contribution in [0.2, 0.25) is 0 Å². The normalized spacial score (nSPS) is 12.3. The molecule has 1 aromatic heterocycles. The highest BCUT2D eigenvalue weighted by molar-refractivity contribution is 9.10. The van der Waals surface area contributed by atoms with Gasteiger partial charge in [0, 0.05) is 7.05 Å². The average Bonchev–Trinajstić information content (AvgIpc) is 2.45. The molecule has 0 spiro atoms. The van der Waals surface area contributed by atoms with E-state index in [-0.39, 0.29) is 10.7 Å². The van der Waals surface area contributed by atoms with Crippen molar-refractivity contribution in [2.75, 3.05) is 12.4 Å². The molecule has 1 N–H and O–H groups in total. The predicted molar refractivity (Wildman–Crippen MR) is 56.8 cm³/mol. The second kappa shape index (κ2) is 4.45. The minimum absolute atomic E-state index is 0.128. The third kappa shape index (κ3) is 2.47. The summed E-state index contributed by atoms with van der Waals surface area (Å²) in [5.74, 6) is 0.283. The van der Waals surface area contributed by atoms with Gasteiger partial charge in [-0.3, -0.25) is 9.48 Å². The molecule has 1 amide bonds. The number of amides is 1. The van der Waals surface area contributed by atoms with Gasteiger partial charge in [0.1, 0.15) is 5.69 Å². The van der Waals surface area contributed by atoms with Crippen LogP contribution in [0.4, 0.5) is 5.69 Å². The van der Waals surface area contributed by atoms with Crippen LogP contribution in [0.5, 0.6) is 5.88 Å². The van der Waals surface area contributed by atoms with Gasteiger partial charge >= 0.3 is 0 Å². The highest BCUT2D eigenvalue weighted by atomic mass is 79.9. The van der Waals surface area contributed by atoms with Crippen LogP contribution in [0.15, 0.2) is 6.20 Å². The molecule has 0 aromatic carbocycles. The SMILES string of the molecule is COc1nn(C)cc1NC(=O)[C@@H](C)Br. The molecule has 0 saturated heterocycles. The second-order valence-corrected chi connectivity index (χ2v) is 4.20. The minimum atomic E-state index is -0.243. The number of anilines is 1. The number of aromatic nitrogens is 2. The first-order chi connectivity index (χ1) is 6.54. The van der Waals surface area contributed by atoms with Crippen molar-refractivity contribution in [1.29, 1.82) is 0 Å². The summed E-state index contributed by atoms with van der Waals surface area (Å²) in [7, 11) is 3.27. The molecule has 78 valence electrons. The van der Waals surface area contributed by atoms with E-state index in [1.165, 1.54) is 7.11 Å². The number of hydrogen-bond acceptors (Lipinski definition) is 3. The Balaban J connectivity index is 2.80. The number of rotatable bonds is 3. The summed E-state index contributed by atoms with van der Waals surface area (Å²) < 4.78 is 6.56. The Hall–Kier alpha value is -1.04. The number of aryl methyl sites for hydroxylation is 1. The van der Waals surface area contributed by atoms with Crippen LogP contribution >= 0.6 is 15.9 Å². The zero-order valence-electron chi connectivity index (χ0n) is 8.24. The van der Waals surface area contributed by atoms with E-state index in [0.717, 1.165) is 0 Å². The number of carbonyl (C=O) groups is 1. The first-order valence-electron chi connectivity index (χ1n) is 4.07. The molecule has 0 fully saturated rings. The first-order valence-corrected chi connectivity index (χ1v) is 4.98. The Bertz CT molecular complexity index is 335. The molecule has 6 heteroatoms. The van der Waals surface area contributed by atoms with Gasteiger partial charge in [-0.15, -0.1) is 5.10 Å². The first kappa shape index (κ1) is 11.0. The third-order valence-corrected chi connectivity index (χ3v) is 2.02. The maximum Gasteiger partial charge on any atom is 0.256 e. The average molecular weight is 262 g/mol. The molecule has 0 radical (unpaired) electrons. The fourth-order valence-electron chi connectivity index (χ4n) is 0.937. The fourth-order valence-corrected chi connectivity index (χ4v) is 1.05. The quantitative estimate of drug-likeness (QED) is 0.831. The van der Waals surface area contributed by atoms with Crippen LogP contribution in [0, 0.1) is 0 Å². The summed E-state index contributed by atoms with van der Waals surface area (Å²) in [4.78, 5) is 11.1. The lowest BCUT2D eigenvalue weighted by molar-refractivity contribution is -0.115. The van der Waals surface area contributed by atoms with E-state index in [0.29, 0.717) is 11.6 Å². The van der Waals surface area contributed by atoms with E-state index in [1.54, 1.807) is 24.9 Å². The molecule has 14 heavy (non-hydrogen) atoms. The summed E-state index contributed by atoms with van der Waals surface area (Å²) in [5, 5.41) is 6.69. The van der Waals surface area contributed by atoms with Crippen LogP contribution in [0.25, 0.3) is 0 Å². The minimum Gasteiger partial charge on any atom is -0.478 e. The molecule has 0 unspecified atom stereocenters. The number of methoxy groups -OCH3 is 1. The van der Waals surface area contributed by atoms with E-state index in [9.17, 15) is 4.79 Å². The molecule has 5 nitrogen and oxygen atoms in total. The lowest BCUT2D eigenvalue weighted by atomic mass is 10.4. The molecule has 0 saturated carbocycles. The molecule has 0 aliphatic rings. The van der Waals surface area contributed by atoms with Crippen molar-refractivity contribution in [3.63, 3.8) is 0 Å². The van der Waals surface area contributed by atoms with Gasteiger partial charge in [-0.05, 0) is 6.92 Å². The Morgan fingerprint density at radius 3 is 2.93 bits per heavy atom. The van der Waals surface area contributed by atoms with E-state index < -0.39 is 0 Å². The number of halogens is 1. The van der Waals surface area contributed by atoms with E-state index in [2.05, 4.69) is 26.3 Å². The van der Waals surface area contributed by atoms with Crippen molar-refractivity contribution in [2.24, 2.45) is 7.05 Å².